The lowest BCUT2D eigenvalue weighted by atomic mass is 9.84. The molecule has 0 atom stereocenters. The number of hydrogen-bond acceptors (Lipinski definition) is 3. The average molecular weight is 246 g/mol. The quantitative estimate of drug-likeness (QED) is 0.784. The molecule has 100 valence electrons. The van der Waals surface area contributed by atoms with E-state index < -0.39 is 17.4 Å². The molecule has 17 heavy (non-hydrogen) atoms. The highest BCUT2D eigenvalue weighted by Crippen LogP contribution is 2.31. The molecule has 4 nitrogen and oxygen atoms in total. The summed E-state index contributed by atoms with van der Waals surface area (Å²) in [4.78, 5) is 11.5. The number of ether oxygens (including phenoxy) is 1. The molecule has 0 aliphatic heterocycles. The lowest BCUT2D eigenvalue weighted by molar-refractivity contribution is 0.0443. The van der Waals surface area contributed by atoms with Gasteiger partial charge in [-0.05, 0) is 46.5 Å². The lowest BCUT2D eigenvalue weighted by Crippen LogP contribution is -2.45. The van der Waals surface area contributed by atoms with Crippen molar-refractivity contribution in [1.82, 2.24) is 5.32 Å². The molecule has 1 rings (SSSR count). The Balaban J connectivity index is 2.34. The Morgan fingerprint density at radius 3 is 2.41 bits per heavy atom. The normalized spacial score (nSPS) is 29.8. The van der Waals surface area contributed by atoms with E-state index in [1.165, 1.54) is 0 Å². The zero-order valence-corrected chi connectivity index (χ0v) is 10.9. The molecule has 3 N–H and O–H groups in total. The van der Waals surface area contributed by atoms with Gasteiger partial charge in [-0.15, -0.1) is 0 Å². The topological polar surface area (TPSA) is 64.3 Å². The Labute approximate surface area is 102 Å². The Kier molecular flexibility index (Phi) is 4.36. The molecule has 1 aliphatic carbocycles. The van der Waals surface area contributed by atoms with Crippen molar-refractivity contribution in [1.29, 1.82) is 0 Å². The van der Waals surface area contributed by atoms with Gasteiger partial charge in [0.15, 0.2) is 0 Å². The zero-order valence-electron chi connectivity index (χ0n) is 10.9. The predicted molar refractivity (Wildman–Crippen MR) is 64.5 cm³/mol. The van der Waals surface area contributed by atoms with Crippen molar-refractivity contribution >= 4 is 6.09 Å². The zero-order chi connectivity index (χ0) is 13.1. The molecule has 1 fully saturated rings. The number of halogens is 1. The summed E-state index contributed by atoms with van der Waals surface area (Å²) in [7, 11) is 0. The molecule has 1 saturated carbocycles. The molecule has 1 aliphatic rings. The third-order valence-electron chi connectivity index (χ3n) is 2.97. The van der Waals surface area contributed by atoms with Crippen LogP contribution < -0.4 is 11.1 Å². The van der Waals surface area contributed by atoms with E-state index in [0.717, 1.165) is 0 Å². The molecule has 0 aromatic rings. The summed E-state index contributed by atoms with van der Waals surface area (Å²) >= 11 is 0. The number of rotatable bonds is 2. The van der Waals surface area contributed by atoms with Gasteiger partial charge in [0.2, 0.25) is 0 Å². The van der Waals surface area contributed by atoms with Gasteiger partial charge in [0.1, 0.15) is 11.3 Å². The smallest absolute Gasteiger partial charge is 0.407 e. The van der Waals surface area contributed by atoms with Gasteiger partial charge in [-0.2, -0.15) is 0 Å². The van der Waals surface area contributed by atoms with Crippen molar-refractivity contribution in [3.05, 3.63) is 0 Å². The summed E-state index contributed by atoms with van der Waals surface area (Å²) in [5, 5.41) is 2.77. The van der Waals surface area contributed by atoms with Gasteiger partial charge in [-0.3, -0.25) is 0 Å². The Morgan fingerprint density at radius 2 is 2.00 bits per heavy atom. The van der Waals surface area contributed by atoms with Crippen LogP contribution in [0.3, 0.4) is 0 Å². The number of alkyl halides is 1. The third kappa shape index (κ3) is 4.89. The summed E-state index contributed by atoms with van der Waals surface area (Å²) in [5.41, 5.74) is 3.64. The number of amides is 1. The minimum absolute atomic E-state index is 0.000255. The fourth-order valence-corrected chi connectivity index (χ4v) is 1.96. The Bertz CT molecular complexity index is 268. The number of nitrogens with one attached hydrogen (secondary N) is 1. The van der Waals surface area contributed by atoms with Crippen LogP contribution in [0.15, 0.2) is 0 Å². The summed E-state index contributed by atoms with van der Waals surface area (Å²) in [6.07, 6.45) is 1.62. The molecule has 0 aromatic heterocycles. The number of carbonyl (C=O) groups is 1. The molecule has 0 radical (unpaired) electrons. The number of hydrogen-bond donors (Lipinski definition) is 2. The number of alkyl carbamates (subject to hydrolysis) is 1. The first-order valence-electron chi connectivity index (χ1n) is 6.13. The maximum Gasteiger partial charge on any atom is 0.407 e. The second kappa shape index (κ2) is 5.21. The predicted octanol–water partition coefficient (Wildman–Crippen LogP) is 2.12. The first-order valence-corrected chi connectivity index (χ1v) is 6.13. The first-order chi connectivity index (χ1) is 7.74. The fraction of sp³-hybridized carbons (Fsp3) is 0.917. The minimum atomic E-state index is -1.24. The summed E-state index contributed by atoms with van der Waals surface area (Å²) < 4.78 is 19.0. The molecule has 0 unspecified atom stereocenters. The van der Waals surface area contributed by atoms with Crippen molar-refractivity contribution in [2.24, 2.45) is 5.73 Å². The van der Waals surface area contributed by atoms with Crippen molar-refractivity contribution in [3.8, 4) is 0 Å². The molecule has 1 amide bonds. The molecule has 0 aromatic carbocycles. The van der Waals surface area contributed by atoms with Crippen LogP contribution in [0, 0.1) is 0 Å². The van der Waals surface area contributed by atoms with Gasteiger partial charge in [-0.1, -0.05) is 0 Å². The molecule has 5 heteroatoms. The minimum Gasteiger partial charge on any atom is -0.444 e. The van der Waals surface area contributed by atoms with E-state index in [-0.39, 0.29) is 12.6 Å². The van der Waals surface area contributed by atoms with E-state index in [1.807, 2.05) is 20.8 Å². The van der Waals surface area contributed by atoms with E-state index >= 15 is 0 Å². The summed E-state index contributed by atoms with van der Waals surface area (Å²) in [5.74, 6) is 0. The largest absolute Gasteiger partial charge is 0.444 e. The van der Waals surface area contributed by atoms with Crippen molar-refractivity contribution in [2.45, 2.75) is 63.8 Å². The van der Waals surface area contributed by atoms with Crippen LogP contribution in [0.25, 0.3) is 0 Å². The highest BCUT2D eigenvalue weighted by Gasteiger charge is 2.34. The second-order valence-electron chi connectivity index (χ2n) is 5.78. The van der Waals surface area contributed by atoms with Crippen LogP contribution in [0.5, 0.6) is 0 Å². The molecule has 0 heterocycles. The van der Waals surface area contributed by atoms with Gasteiger partial charge >= 0.3 is 6.09 Å². The van der Waals surface area contributed by atoms with Crippen LogP contribution in [0.4, 0.5) is 9.18 Å². The number of nitrogens with two attached hydrogens (primary N) is 1. The second-order valence-corrected chi connectivity index (χ2v) is 5.78. The van der Waals surface area contributed by atoms with Gasteiger partial charge in [0, 0.05) is 12.6 Å². The maximum absolute atomic E-state index is 13.8. The monoisotopic (exact) mass is 246 g/mol. The van der Waals surface area contributed by atoms with Crippen molar-refractivity contribution in [2.75, 3.05) is 6.54 Å². The van der Waals surface area contributed by atoms with Crippen LogP contribution in [0.1, 0.15) is 46.5 Å². The average Bonchev–Trinajstić information content (AvgIpc) is 2.19. The standard InChI is InChI=1S/C12H23FN2O2/c1-11(2,3)17-10(16)15-9-4-6-12(13,8-14)7-5-9/h9H,4-8,14H2,1-3H3,(H,15,16). The number of carbonyl (C=O) groups excluding carboxylic acids is 1. The molecule has 0 saturated heterocycles. The summed E-state index contributed by atoms with van der Waals surface area (Å²) in [6.45, 7) is 5.50. The van der Waals surface area contributed by atoms with Gasteiger partial charge in [-0.25, -0.2) is 9.18 Å². The molecular formula is C12H23FN2O2. The van der Waals surface area contributed by atoms with Crippen molar-refractivity contribution in [3.63, 3.8) is 0 Å². The van der Waals surface area contributed by atoms with Crippen LogP contribution in [0.2, 0.25) is 0 Å². The van der Waals surface area contributed by atoms with E-state index in [1.54, 1.807) is 0 Å². The van der Waals surface area contributed by atoms with Gasteiger partial charge < -0.3 is 15.8 Å². The highest BCUT2D eigenvalue weighted by molar-refractivity contribution is 5.68. The van der Waals surface area contributed by atoms with E-state index in [2.05, 4.69) is 5.32 Å². The van der Waals surface area contributed by atoms with Crippen LogP contribution in [-0.4, -0.2) is 29.9 Å². The molecule has 0 spiro atoms. The van der Waals surface area contributed by atoms with Crippen LogP contribution in [-0.2, 0) is 4.74 Å². The van der Waals surface area contributed by atoms with E-state index in [4.69, 9.17) is 10.5 Å². The first kappa shape index (κ1) is 14.2. The lowest BCUT2D eigenvalue weighted by Gasteiger charge is -2.33. The van der Waals surface area contributed by atoms with E-state index in [9.17, 15) is 9.18 Å². The van der Waals surface area contributed by atoms with E-state index in [0.29, 0.717) is 25.7 Å². The SMILES string of the molecule is CC(C)(C)OC(=O)NC1CCC(F)(CN)CC1. The van der Waals surface area contributed by atoms with Gasteiger partial charge in [0.05, 0.1) is 0 Å². The maximum atomic E-state index is 13.8. The van der Waals surface area contributed by atoms with Gasteiger partial charge in [0.25, 0.3) is 0 Å². The highest BCUT2D eigenvalue weighted by atomic mass is 19.1. The van der Waals surface area contributed by atoms with Crippen LogP contribution >= 0.6 is 0 Å². The Hall–Kier alpha value is -0.840. The molecular weight excluding hydrogens is 223 g/mol. The summed E-state index contributed by atoms with van der Waals surface area (Å²) in [6, 6.07) is 0.000255. The van der Waals surface area contributed by atoms with Crippen molar-refractivity contribution < 1.29 is 13.9 Å². The Morgan fingerprint density at radius 1 is 1.47 bits per heavy atom. The third-order valence-corrected chi connectivity index (χ3v) is 2.97. The molecule has 0 bridgehead atoms. The fourth-order valence-electron chi connectivity index (χ4n) is 1.96.